The summed E-state index contributed by atoms with van der Waals surface area (Å²) in [5.74, 6) is 0.128. The molecule has 18 heavy (non-hydrogen) atoms. The Bertz CT molecular complexity index is 415. The van der Waals surface area contributed by atoms with Crippen molar-refractivity contribution in [2.45, 2.75) is 52.0 Å². The predicted molar refractivity (Wildman–Crippen MR) is 73.8 cm³/mol. The van der Waals surface area contributed by atoms with Crippen molar-refractivity contribution in [1.29, 1.82) is 0 Å². The molecule has 1 unspecified atom stereocenters. The lowest BCUT2D eigenvalue weighted by Gasteiger charge is -2.09. The van der Waals surface area contributed by atoms with Crippen LogP contribution >= 0.6 is 11.6 Å². The number of carbonyl (C=O) groups is 1. The molecule has 0 saturated heterocycles. The molecule has 4 nitrogen and oxygen atoms in total. The molecule has 0 amide bonds. The van der Waals surface area contributed by atoms with Gasteiger partial charge in [-0.15, -0.1) is 0 Å². The number of hydrogen-bond acceptors (Lipinski definition) is 3. The summed E-state index contributed by atoms with van der Waals surface area (Å²) in [6.07, 6.45) is 3.39. The summed E-state index contributed by atoms with van der Waals surface area (Å²) in [4.78, 5) is 11.9. The molecular weight excluding hydrogens is 250 g/mol. The number of ketones is 1. The van der Waals surface area contributed by atoms with Crippen LogP contribution in [0.15, 0.2) is 0 Å². The molecule has 0 aliphatic carbocycles. The Balaban J connectivity index is 2.67. The fourth-order valence-corrected chi connectivity index (χ4v) is 2.40. The number of nitrogens with two attached hydrogens (primary N) is 1. The van der Waals surface area contributed by atoms with E-state index in [1.165, 1.54) is 0 Å². The first-order chi connectivity index (χ1) is 8.49. The SMILES string of the molecule is CCCC(N)CC(=O)Cc1c(Cl)c(CC)nn1C. The van der Waals surface area contributed by atoms with Crippen molar-refractivity contribution in [3.63, 3.8) is 0 Å². The van der Waals surface area contributed by atoms with Gasteiger partial charge in [-0.2, -0.15) is 5.10 Å². The molecule has 0 bridgehead atoms. The summed E-state index contributed by atoms with van der Waals surface area (Å²) >= 11 is 6.20. The first kappa shape index (κ1) is 15.2. The average Bonchev–Trinajstić information content (AvgIpc) is 2.56. The highest BCUT2D eigenvalue weighted by molar-refractivity contribution is 6.32. The number of aryl methyl sites for hydroxylation is 2. The molecule has 0 spiro atoms. The van der Waals surface area contributed by atoms with E-state index in [1.807, 2.05) is 14.0 Å². The van der Waals surface area contributed by atoms with Crippen LogP contribution in [0.1, 0.15) is 44.5 Å². The Kier molecular flexibility index (Phi) is 5.82. The van der Waals surface area contributed by atoms with Crippen molar-refractivity contribution in [1.82, 2.24) is 9.78 Å². The molecule has 0 fully saturated rings. The van der Waals surface area contributed by atoms with E-state index in [-0.39, 0.29) is 11.8 Å². The molecule has 1 atom stereocenters. The lowest BCUT2D eigenvalue weighted by atomic mass is 10.0. The fraction of sp³-hybridized carbons (Fsp3) is 0.692. The highest BCUT2D eigenvalue weighted by atomic mass is 35.5. The third-order valence-electron chi connectivity index (χ3n) is 3.02. The van der Waals surface area contributed by atoms with Gasteiger partial charge in [0.15, 0.2) is 0 Å². The molecule has 2 N–H and O–H groups in total. The normalized spacial score (nSPS) is 12.7. The highest BCUT2D eigenvalue weighted by Crippen LogP contribution is 2.21. The number of hydrogen-bond donors (Lipinski definition) is 1. The summed E-state index contributed by atoms with van der Waals surface area (Å²) < 4.78 is 1.70. The van der Waals surface area contributed by atoms with Crippen LogP contribution < -0.4 is 5.73 Å². The van der Waals surface area contributed by atoms with Crippen LogP contribution in [0.25, 0.3) is 0 Å². The van der Waals surface area contributed by atoms with Crippen molar-refractivity contribution < 1.29 is 4.79 Å². The Labute approximate surface area is 113 Å². The second kappa shape index (κ2) is 6.90. The topological polar surface area (TPSA) is 60.9 Å². The highest BCUT2D eigenvalue weighted by Gasteiger charge is 2.17. The van der Waals surface area contributed by atoms with Gasteiger partial charge in [-0.05, 0) is 12.8 Å². The molecule has 0 aromatic carbocycles. The zero-order chi connectivity index (χ0) is 13.7. The maximum absolute atomic E-state index is 11.9. The van der Waals surface area contributed by atoms with Gasteiger partial charge in [-0.3, -0.25) is 9.48 Å². The van der Waals surface area contributed by atoms with E-state index in [1.54, 1.807) is 4.68 Å². The van der Waals surface area contributed by atoms with Crippen molar-refractivity contribution in [3.05, 3.63) is 16.4 Å². The van der Waals surface area contributed by atoms with E-state index in [9.17, 15) is 4.79 Å². The van der Waals surface area contributed by atoms with E-state index in [0.29, 0.717) is 17.9 Å². The van der Waals surface area contributed by atoms with E-state index in [2.05, 4.69) is 12.0 Å². The molecule has 102 valence electrons. The molecule has 0 saturated carbocycles. The van der Waals surface area contributed by atoms with Gasteiger partial charge in [0, 0.05) is 25.9 Å². The number of Topliss-reactive ketones (excluding diaryl/α,β-unsaturated/α-hetero) is 1. The standard InChI is InChI=1S/C13H22ClN3O/c1-4-6-9(15)7-10(18)8-12-13(14)11(5-2)16-17(12)3/h9H,4-8,15H2,1-3H3. The van der Waals surface area contributed by atoms with Crippen LogP contribution in [0, 0.1) is 0 Å². The molecule has 0 aliphatic heterocycles. The maximum atomic E-state index is 11.9. The predicted octanol–water partition coefficient (Wildman–Crippen LogP) is 2.27. The van der Waals surface area contributed by atoms with Crippen LogP contribution in [0.3, 0.4) is 0 Å². The number of rotatable bonds is 7. The van der Waals surface area contributed by atoms with Crippen LogP contribution in [0.4, 0.5) is 0 Å². The van der Waals surface area contributed by atoms with Crippen molar-refractivity contribution >= 4 is 17.4 Å². The zero-order valence-corrected chi connectivity index (χ0v) is 12.1. The molecule has 1 rings (SSSR count). The third-order valence-corrected chi connectivity index (χ3v) is 3.45. The summed E-state index contributed by atoms with van der Waals surface area (Å²) in [5.41, 5.74) is 7.51. The van der Waals surface area contributed by atoms with Crippen LogP contribution in [-0.4, -0.2) is 21.6 Å². The second-order valence-corrected chi connectivity index (χ2v) is 5.03. The molecule has 5 heteroatoms. The molecule has 0 radical (unpaired) electrons. The van der Waals surface area contributed by atoms with Crippen molar-refractivity contribution in [2.75, 3.05) is 0 Å². The first-order valence-corrected chi connectivity index (χ1v) is 6.84. The van der Waals surface area contributed by atoms with Gasteiger partial charge < -0.3 is 5.73 Å². The Hall–Kier alpha value is -0.870. The van der Waals surface area contributed by atoms with Gasteiger partial charge >= 0.3 is 0 Å². The number of nitrogens with zero attached hydrogens (tertiary/aromatic N) is 2. The van der Waals surface area contributed by atoms with Gasteiger partial charge in [-0.25, -0.2) is 0 Å². The van der Waals surface area contributed by atoms with Crippen molar-refractivity contribution in [3.8, 4) is 0 Å². The van der Waals surface area contributed by atoms with Gasteiger partial charge in [0.05, 0.1) is 16.4 Å². The van der Waals surface area contributed by atoms with Crippen LogP contribution in [-0.2, 0) is 24.7 Å². The Morgan fingerprint density at radius 2 is 2.17 bits per heavy atom. The van der Waals surface area contributed by atoms with E-state index in [0.717, 1.165) is 30.7 Å². The first-order valence-electron chi connectivity index (χ1n) is 6.47. The quantitative estimate of drug-likeness (QED) is 0.828. The number of aromatic nitrogens is 2. The van der Waals surface area contributed by atoms with Gasteiger partial charge in [0.2, 0.25) is 0 Å². The summed E-state index contributed by atoms with van der Waals surface area (Å²) in [7, 11) is 1.82. The molecule has 1 heterocycles. The lowest BCUT2D eigenvalue weighted by molar-refractivity contribution is -0.118. The van der Waals surface area contributed by atoms with Gasteiger partial charge in [0.1, 0.15) is 5.78 Å². The Morgan fingerprint density at radius 1 is 1.50 bits per heavy atom. The largest absolute Gasteiger partial charge is 0.327 e. The fourth-order valence-electron chi connectivity index (χ4n) is 2.04. The molecule has 1 aromatic heterocycles. The summed E-state index contributed by atoms with van der Waals surface area (Å²) in [6, 6.07) is -0.0415. The van der Waals surface area contributed by atoms with Crippen LogP contribution in [0.5, 0.6) is 0 Å². The summed E-state index contributed by atoms with van der Waals surface area (Å²) in [5, 5.41) is 4.92. The Morgan fingerprint density at radius 3 is 2.67 bits per heavy atom. The summed E-state index contributed by atoms with van der Waals surface area (Å²) in [6.45, 7) is 4.06. The van der Waals surface area contributed by atoms with Crippen LogP contribution in [0.2, 0.25) is 5.02 Å². The minimum Gasteiger partial charge on any atom is -0.327 e. The monoisotopic (exact) mass is 271 g/mol. The smallest absolute Gasteiger partial charge is 0.140 e. The number of halogens is 1. The van der Waals surface area contributed by atoms with E-state index < -0.39 is 0 Å². The molecule has 1 aromatic rings. The molecular formula is C13H22ClN3O. The molecule has 0 aliphatic rings. The zero-order valence-electron chi connectivity index (χ0n) is 11.4. The van der Waals surface area contributed by atoms with Crippen molar-refractivity contribution in [2.24, 2.45) is 12.8 Å². The minimum atomic E-state index is -0.0415. The third kappa shape index (κ3) is 3.82. The van der Waals surface area contributed by atoms with E-state index in [4.69, 9.17) is 17.3 Å². The van der Waals surface area contributed by atoms with Gasteiger partial charge in [0.25, 0.3) is 0 Å². The van der Waals surface area contributed by atoms with E-state index >= 15 is 0 Å². The van der Waals surface area contributed by atoms with Gasteiger partial charge in [-0.1, -0.05) is 31.9 Å². The lowest BCUT2D eigenvalue weighted by Crippen LogP contribution is -2.24. The maximum Gasteiger partial charge on any atom is 0.140 e. The number of carbonyl (C=O) groups excluding carboxylic acids is 1. The minimum absolute atomic E-state index is 0.0415. The average molecular weight is 272 g/mol. The second-order valence-electron chi connectivity index (χ2n) is 4.65.